The number of aromatic nitrogens is 1. The third-order valence-electron chi connectivity index (χ3n) is 6.14. The molecular formula is C30H36ClN7O4. The van der Waals surface area contributed by atoms with Gasteiger partial charge in [0.1, 0.15) is 17.4 Å². The normalized spacial score (nSPS) is 10.5. The maximum absolute atomic E-state index is 13.3. The number of unbranched alkanes of at least 4 members (excludes halogenated alkanes) is 3. The fourth-order valence-electron chi connectivity index (χ4n) is 3.83. The van der Waals surface area contributed by atoms with Crippen LogP contribution in [0, 0.1) is 5.41 Å². The Kier molecular flexibility index (Phi) is 12.3. The molecule has 1 aromatic heterocycles. The van der Waals surface area contributed by atoms with Gasteiger partial charge in [0.25, 0.3) is 17.7 Å². The fourth-order valence-corrected chi connectivity index (χ4v) is 3.94. The molecule has 0 spiro atoms. The molecule has 3 aromatic rings. The summed E-state index contributed by atoms with van der Waals surface area (Å²) >= 11 is 5.90. The number of ether oxygens (including phenoxy) is 1. The third-order valence-corrected chi connectivity index (χ3v) is 6.37. The van der Waals surface area contributed by atoms with Crippen molar-refractivity contribution >= 4 is 46.7 Å². The molecule has 0 atom stereocenters. The van der Waals surface area contributed by atoms with Gasteiger partial charge in [0, 0.05) is 38.0 Å². The molecular weight excluding hydrogens is 558 g/mol. The lowest BCUT2D eigenvalue weighted by molar-refractivity contribution is -0.123. The Bertz CT molecular complexity index is 1380. The smallest absolute Gasteiger partial charge is 0.259 e. The van der Waals surface area contributed by atoms with Gasteiger partial charge in [0.2, 0.25) is 0 Å². The number of benzene rings is 2. The quantitative estimate of drug-likeness (QED) is 0.106. The first-order valence-electron chi connectivity index (χ1n) is 13.5. The fraction of sp³-hybridized carbons (Fsp3) is 0.300. The van der Waals surface area contributed by atoms with E-state index in [1.807, 2.05) is 0 Å². The van der Waals surface area contributed by atoms with Crippen molar-refractivity contribution in [3.8, 4) is 5.75 Å². The average Bonchev–Trinajstić information content (AvgIpc) is 2.99. The molecule has 3 rings (SSSR count). The summed E-state index contributed by atoms with van der Waals surface area (Å²) in [7, 11) is 3.53. The predicted octanol–water partition coefficient (Wildman–Crippen LogP) is 4.14. The van der Waals surface area contributed by atoms with E-state index < -0.39 is 11.8 Å². The van der Waals surface area contributed by atoms with Crippen molar-refractivity contribution in [2.24, 2.45) is 5.73 Å². The number of nitrogens with two attached hydrogens (primary N) is 1. The highest BCUT2D eigenvalue weighted by Crippen LogP contribution is 2.24. The van der Waals surface area contributed by atoms with Gasteiger partial charge in [-0.2, -0.15) is 0 Å². The molecule has 0 radical (unpaired) electrons. The van der Waals surface area contributed by atoms with Crippen molar-refractivity contribution < 1.29 is 19.1 Å². The van der Waals surface area contributed by atoms with E-state index in [4.69, 9.17) is 27.5 Å². The number of pyridine rings is 1. The molecule has 0 aliphatic rings. The summed E-state index contributed by atoms with van der Waals surface area (Å²) in [6, 6.07) is 14.2. The van der Waals surface area contributed by atoms with Crippen LogP contribution in [0.25, 0.3) is 0 Å². The molecule has 0 fully saturated rings. The number of hydrogen-bond donors (Lipinski definition) is 5. The van der Waals surface area contributed by atoms with Crippen LogP contribution < -0.4 is 26.4 Å². The van der Waals surface area contributed by atoms with E-state index >= 15 is 0 Å². The number of nitrogens with one attached hydrogen (secondary N) is 4. The van der Waals surface area contributed by atoms with Crippen LogP contribution in [0.15, 0.2) is 60.8 Å². The van der Waals surface area contributed by atoms with E-state index in [-0.39, 0.29) is 35.3 Å². The molecule has 222 valence electrons. The minimum atomic E-state index is -0.553. The number of amidine groups is 1. The molecule has 12 heteroatoms. The van der Waals surface area contributed by atoms with Crippen LogP contribution in [0.4, 0.5) is 11.5 Å². The Hall–Kier alpha value is -4.48. The SMILES string of the molecule is CN(C)C(=N)c1ccc(C(=O)Nc2ccc(OCC(=O)NCCCCCCN)cc2C(=O)Nc2ccc(Cl)cn2)cc1. The van der Waals surface area contributed by atoms with Crippen LogP contribution in [0.2, 0.25) is 5.02 Å². The molecule has 0 saturated heterocycles. The number of carbonyl (C=O) groups is 3. The van der Waals surface area contributed by atoms with Gasteiger partial charge in [-0.1, -0.05) is 36.6 Å². The second kappa shape index (κ2) is 16.1. The molecule has 0 unspecified atom stereocenters. The lowest BCUT2D eigenvalue weighted by Gasteiger charge is -2.15. The van der Waals surface area contributed by atoms with Crippen molar-refractivity contribution in [3.05, 3.63) is 82.5 Å². The van der Waals surface area contributed by atoms with Crippen LogP contribution in [0.5, 0.6) is 5.75 Å². The van der Waals surface area contributed by atoms with E-state index in [9.17, 15) is 14.4 Å². The summed E-state index contributed by atoms with van der Waals surface area (Å²) in [6.07, 6.45) is 5.22. The maximum atomic E-state index is 13.3. The van der Waals surface area contributed by atoms with E-state index in [0.717, 1.165) is 25.7 Å². The van der Waals surface area contributed by atoms with E-state index in [1.54, 1.807) is 61.5 Å². The van der Waals surface area contributed by atoms with Crippen molar-refractivity contribution in [3.63, 3.8) is 0 Å². The Morgan fingerprint density at radius 1 is 0.929 bits per heavy atom. The molecule has 2 aromatic carbocycles. The van der Waals surface area contributed by atoms with E-state index in [0.29, 0.717) is 35.1 Å². The van der Waals surface area contributed by atoms with Crippen LogP contribution in [-0.4, -0.2) is 67.2 Å². The lowest BCUT2D eigenvalue weighted by Crippen LogP contribution is -2.29. The number of hydrogen-bond acceptors (Lipinski definition) is 7. The van der Waals surface area contributed by atoms with Crippen molar-refractivity contribution in [1.29, 1.82) is 5.41 Å². The first-order chi connectivity index (χ1) is 20.2. The number of halogens is 1. The Balaban J connectivity index is 1.73. The van der Waals surface area contributed by atoms with Crippen LogP contribution in [0.3, 0.4) is 0 Å². The van der Waals surface area contributed by atoms with Crippen LogP contribution in [0.1, 0.15) is 52.0 Å². The first-order valence-corrected chi connectivity index (χ1v) is 13.9. The lowest BCUT2D eigenvalue weighted by atomic mass is 10.1. The summed E-state index contributed by atoms with van der Waals surface area (Å²) in [5.74, 6) is -0.445. The number of amides is 3. The number of rotatable bonds is 14. The van der Waals surface area contributed by atoms with Gasteiger partial charge >= 0.3 is 0 Å². The second-order valence-electron chi connectivity index (χ2n) is 9.64. The Morgan fingerprint density at radius 2 is 1.64 bits per heavy atom. The average molecular weight is 594 g/mol. The summed E-state index contributed by atoms with van der Waals surface area (Å²) in [4.78, 5) is 44.3. The van der Waals surface area contributed by atoms with Crippen molar-refractivity contribution in [2.45, 2.75) is 25.7 Å². The highest BCUT2D eigenvalue weighted by atomic mass is 35.5. The number of nitrogens with zero attached hydrogens (tertiary/aromatic N) is 2. The zero-order valence-corrected chi connectivity index (χ0v) is 24.5. The standard InChI is InChI=1S/C30H36ClN7O4/c1-38(2)28(33)20-7-9-21(10-8-20)29(40)36-25-13-12-23(42-19-27(39)34-16-6-4-3-5-15-32)17-24(25)30(41)37-26-14-11-22(31)18-35-26/h7-14,17-18,33H,3-6,15-16,19,32H2,1-2H3,(H,34,39)(H,36,40)(H,35,37,41). The Morgan fingerprint density at radius 3 is 2.31 bits per heavy atom. The topological polar surface area (TPSA) is 163 Å². The zero-order valence-electron chi connectivity index (χ0n) is 23.7. The minimum absolute atomic E-state index is 0.101. The van der Waals surface area contributed by atoms with Crippen LogP contribution in [-0.2, 0) is 4.79 Å². The second-order valence-corrected chi connectivity index (χ2v) is 10.1. The van der Waals surface area contributed by atoms with Gasteiger partial charge in [0.15, 0.2) is 6.61 Å². The van der Waals surface area contributed by atoms with Crippen molar-refractivity contribution in [2.75, 3.05) is 44.4 Å². The van der Waals surface area contributed by atoms with Crippen LogP contribution >= 0.6 is 11.6 Å². The zero-order chi connectivity index (χ0) is 30.5. The molecule has 0 aliphatic carbocycles. The van der Waals surface area contributed by atoms with E-state index in [1.165, 1.54) is 18.3 Å². The molecule has 0 bridgehead atoms. The predicted molar refractivity (Wildman–Crippen MR) is 165 cm³/mol. The Labute approximate surface area is 250 Å². The molecule has 11 nitrogen and oxygen atoms in total. The highest BCUT2D eigenvalue weighted by Gasteiger charge is 2.18. The van der Waals surface area contributed by atoms with Gasteiger partial charge in [-0.3, -0.25) is 19.8 Å². The summed E-state index contributed by atoms with van der Waals surface area (Å²) in [5, 5.41) is 16.8. The summed E-state index contributed by atoms with van der Waals surface area (Å²) in [6.45, 7) is 0.967. The molecule has 42 heavy (non-hydrogen) atoms. The third kappa shape index (κ3) is 9.86. The summed E-state index contributed by atoms with van der Waals surface area (Å²) in [5.41, 5.74) is 6.82. The van der Waals surface area contributed by atoms with Gasteiger partial charge in [0.05, 0.1) is 16.3 Å². The van der Waals surface area contributed by atoms with Gasteiger partial charge < -0.3 is 31.3 Å². The number of anilines is 2. The number of carbonyl (C=O) groups excluding carboxylic acids is 3. The van der Waals surface area contributed by atoms with E-state index in [2.05, 4.69) is 20.9 Å². The van der Waals surface area contributed by atoms with Crippen molar-refractivity contribution in [1.82, 2.24) is 15.2 Å². The molecule has 1 heterocycles. The largest absolute Gasteiger partial charge is 0.484 e. The first kappa shape index (κ1) is 32.0. The highest BCUT2D eigenvalue weighted by molar-refractivity contribution is 6.30. The summed E-state index contributed by atoms with van der Waals surface area (Å²) < 4.78 is 5.64. The monoisotopic (exact) mass is 593 g/mol. The van der Waals surface area contributed by atoms with Gasteiger partial charge in [-0.25, -0.2) is 4.98 Å². The van der Waals surface area contributed by atoms with Gasteiger partial charge in [-0.05, 0) is 61.9 Å². The van der Waals surface area contributed by atoms with Gasteiger partial charge in [-0.15, -0.1) is 0 Å². The molecule has 0 saturated carbocycles. The molecule has 6 N–H and O–H groups in total. The molecule has 3 amide bonds. The maximum Gasteiger partial charge on any atom is 0.259 e. The minimum Gasteiger partial charge on any atom is -0.484 e. The molecule has 0 aliphatic heterocycles.